The highest BCUT2D eigenvalue weighted by molar-refractivity contribution is 5.93. The van der Waals surface area contributed by atoms with E-state index in [1.807, 2.05) is 0 Å². The SMILES string of the molecule is COC(=O)CNC(=O)/C=C/c1ccc(Oc2cccnc2)c(F)c1. The number of halogens is 1. The maximum atomic E-state index is 14.0. The van der Waals surface area contributed by atoms with Crippen LogP contribution in [0.5, 0.6) is 11.5 Å². The Bertz CT molecular complexity index is 748. The lowest BCUT2D eigenvalue weighted by molar-refractivity contribution is -0.140. The summed E-state index contributed by atoms with van der Waals surface area (Å²) >= 11 is 0. The van der Waals surface area contributed by atoms with Crippen molar-refractivity contribution in [1.29, 1.82) is 0 Å². The monoisotopic (exact) mass is 330 g/mol. The van der Waals surface area contributed by atoms with Crippen molar-refractivity contribution in [3.63, 3.8) is 0 Å². The molecule has 0 aliphatic rings. The third kappa shape index (κ3) is 5.20. The Balaban J connectivity index is 1.97. The molecule has 6 nitrogen and oxygen atoms in total. The van der Waals surface area contributed by atoms with Gasteiger partial charge in [0.25, 0.3) is 0 Å². The number of methoxy groups -OCH3 is 1. The van der Waals surface area contributed by atoms with E-state index < -0.39 is 17.7 Å². The van der Waals surface area contributed by atoms with E-state index in [4.69, 9.17) is 4.74 Å². The highest BCUT2D eigenvalue weighted by atomic mass is 19.1. The van der Waals surface area contributed by atoms with E-state index in [0.29, 0.717) is 11.3 Å². The summed E-state index contributed by atoms with van der Waals surface area (Å²) in [4.78, 5) is 26.3. The quantitative estimate of drug-likeness (QED) is 0.650. The summed E-state index contributed by atoms with van der Waals surface area (Å²) in [5, 5.41) is 2.34. The van der Waals surface area contributed by atoms with Gasteiger partial charge in [-0.3, -0.25) is 14.6 Å². The lowest BCUT2D eigenvalue weighted by atomic mass is 10.2. The molecule has 124 valence electrons. The molecule has 1 aromatic carbocycles. The summed E-state index contributed by atoms with van der Waals surface area (Å²) in [6.45, 7) is -0.230. The normalized spacial score (nSPS) is 10.4. The molecule has 0 radical (unpaired) electrons. The van der Waals surface area contributed by atoms with Crippen LogP contribution in [0.4, 0.5) is 4.39 Å². The number of benzene rings is 1. The van der Waals surface area contributed by atoms with E-state index in [0.717, 1.165) is 0 Å². The van der Waals surface area contributed by atoms with Crippen molar-refractivity contribution in [1.82, 2.24) is 10.3 Å². The molecular weight excluding hydrogens is 315 g/mol. The summed E-state index contributed by atoms with van der Waals surface area (Å²) in [7, 11) is 1.22. The van der Waals surface area contributed by atoms with Gasteiger partial charge >= 0.3 is 5.97 Å². The topological polar surface area (TPSA) is 77.5 Å². The van der Waals surface area contributed by atoms with Crippen molar-refractivity contribution in [3.05, 3.63) is 60.2 Å². The predicted octanol–water partition coefficient (Wildman–Crippen LogP) is 2.32. The van der Waals surface area contributed by atoms with Gasteiger partial charge in [-0.05, 0) is 35.9 Å². The minimum absolute atomic E-state index is 0.0512. The van der Waals surface area contributed by atoms with Crippen molar-refractivity contribution < 1.29 is 23.5 Å². The van der Waals surface area contributed by atoms with Gasteiger partial charge in [0.15, 0.2) is 11.6 Å². The van der Waals surface area contributed by atoms with Gasteiger partial charge in [-0.2, -0.15) is 0 Å². The molecule has 0 atom stereocenters. The molecule has 7 heteroatoms. The van der Waals surface area contributed by atoms with Gasteiger partial charge in [-0.15, -0.1) is 0 Å². The van der Waals surface area contributed by atoms with Crippen molar-refractivity contribution >= 4 is 18.0 Å². The molecule has 0 fully saturated rings. The van der Waals surface area contributed by atoms with Gasteiger partial charge in [0.05, 0.1) is 13.3 Å². The lowest BCUT2D eigenvalue weighted by Crippen LogP contribution is -2.28. The first-order valence-corrected chi connectivity index (χ1v) is 6.98. The van der Waals surface area contributed by atoms with Crippen molar-refractivity contribution in [2.24, 2.45) is 0 Å². The van der Waals surface area contributed by atoms with Crippen LogP contribution in [-0.4, -0.2) is 30.5 Å². The molecule has 24 heavy (non-hydrogen) atoms. The molecule has 0 unspecified atom stereocenters. The number of amides is 1. The molecule has 0 saturated carbocycles. The second-order valence-electron chi connectivity index (χ2n) is 4.61. The molecule has 1 aromatic heterocycles. The fraction of sp³-hybridized carbons (Fsp3) is 0.118. The highest BCUT2D eigenvalue weighted by Crippen LogP contribution is 2.24. The van der Waals surface area contributed by atoms with Crippen LogP contribution in [0.3, 0.4) is 0 Å². The largest absolute Gasteiger partial charge is 0.468 e. The number of nitrogens with zero attached hydrogens (tertiary/aromatic N) is 1. The smallest absolute Gasteiger partial charge is 0.325 e. The number of ether oxygens (including phenoxy) is 2. The molecule has 2 rings (SSSR count). The Morgan fingerprint density at radius 3 is 2.83 bits per heavy atom. The molecule has 0 spiro atoms. The molecular formula is C17H15FN2O4. The Kier molecular flexibility index (Phi) is 6.01. The minimum Gasteiger partial charge on any atom is -0.468 e. The van der Waals surface area contributed by atoms with Gasteiger partial charge in [0.2, 0.25) is 5.91 Å². The number of esters is 1. The van der Waals surface area contributed by atoms with E-state index in [1.54, 1.807) is 24.4 Å². The summed E-state index contributed by atoms with van der Waals surface area (Å²) in [5.41, 5.74) is 0.472. The molecule has 1 amide bonds. The zero-order valence-electron chi connectivity index (χ0n) is 12.9. The number of pyridine rings is 1. The highest BCUT2D eigenvalue weighted by Gasteiger charge is 2.06. The minimum atomic E-state index is -0.573. The molecule has 0 aliphatic carbocycles. The second-order valence-corrected chi connectivity index (χ2v) is 4.61. The van der Waals surface area contributed by atoms with Crippen LogP contribution in [0.15, 0.2) is 48.8 Å². The number of hydrogen-bond donors (Lipinski definition) is 1. The van der Waals surface area contributed by atoms with Crippen LogP contribution in [0.1, 0.15) is 5.56 Å². The van der Waals surface area contributed by atoms with Gasteiger partial charge in [0, 0.05) is 12.3 Å². The van der Waals surface area contributed by atoms with E-state index in [9.17, 15) is 14.0 Å². The molecule has 0 aliphatic heterocycles. The van der Waals surface area contributed by atoms with E-state index in [2.05, 4.69) is 15.0 Å². The molecule has 2 aromatic rings. The fourth-order valence-electron chi connectivity index (χ4n) is 1.70. The fourth-order valence-corrected chi connectivity index (χ4v) is 1.70. The van der Waals surface area contributed by atoms with E-state index in [1.165, 1.54) is 37.6 Å². The number of carbonyl (C=O) groups excluding carboxylic acids is 2. The summed E-state index contributed by atoms with van der Waals surface area (Å²) in [5.74, 6) is -1.15. The van der Waals surface area contributed by atoms with Crippen molar-refractivity contribution in [2.75, 3.05) is 13.7 Å². The first kappa shape index (κ1) is 17.1. The molecule has 1 N–H and O–H groups in total. The van der Waals surface area contributed by atoms with Gasteiger partial charge < -0.3 is 14.8 Å². The number of aromatic nitrogens is 1. The van der Waals surface area contributed by atoms with Crippen molar-refractivity contribution in [2.45, 2.75) is 0 Å². The van der Waals surface area contributed by atoms with Gasteiger partial charge in [-0.25, -0.2) is 4.39 Å². The predicted molar refractivity (Wildman–Crippen MR) is 84.8 cm³/mol. The zero-order valence-corrected chi connectivity index (χ0v) is 12.9. The molecule has 0 saturated heterocycles. The Labute approximate surface area is 137 Å². The third-order valence-corrected chi connectivity index (χ3v) is 2.88. The number of nitrogens with one attached hydrogen (secondary N) is 1. The Hall–Kier alpha value is -3.22. The van der Waals surface area contributed by atoms with E-state index >= 15 is 0 Å². The first-order valence-electron chi connectivity index (χ1n) is 6.98. The summed E-state index contributed by atoms with van der Waals surface area (Å²) in [6, 6.07) is 7.62. The Morgan fingerprint density at radius 2 is 2.17 bits per heavy atom. The summed E-state index contributed by atoms with van der Waals surface area (Å²) < 4.78 is 23.8. The summed E-state index contributed by atoms with van der Waals surface area (Å²) in [6.07, 6.45) is 5.67. The number of rotatable bonds is 6. The van der Waals surface area contributed by atoms with Gasteiger partial charge in [0.1, 0.15) is 12.3 Å². The number of hydrogen-bond acceptors (Lipinski definition) is 5. The average Bonchev–Trinajstić information content (AvgIpc) is 2.60. The maximum absolute atomic E-state index is 14.0. The van der Waals surface area contributed by atoms with Crippen LogP contribution >= 0.6 is 0 Å². The zero-order chi connectivity index (χ0) is 17.4. The van der Waals surface area contributed by atoms with Crippen LogP contribution in [0, 0.1) is 5.82 Å². The lowest BCUT2D eigenvalue weighted by Gasteiger charge is -2.06. The van der Waals surface area contributed by atoms with Crippen LogP contribution in [0.25, 0.3) is 6.08 Å². The Morgan fingerprint density at radius 1 is 1.33 bits per heavy atom. The van der Waals surface area contributed by atoms with E-state index in [-0.39, 0.29) is 12.3 Å². The van der Waals surface area contributed by atoms with Crippen LogP contribution in [0.2, 0.25) is 0 Å². The van der Waals surface area contributed by atoms with Crippen LogP contribution in [-0.2, 0) is 14.3 Å². The third-order valence-electron chi connectivity index (χ3n) is 2.88. The molecule has 0 bridgehead atoms. The first-order chi connectivity index (χ1) is 11.6. The number of carbonyl (C=O) groups is 2. The average molecular weight is 330 g/mol. The standard InChI is InChI=1S/C17H15FN2O4/c1-23-17(22)11-20-16(21)7-5-12-4-6-15(14(18)9-12)24-13-3-2-8-19-10-13/h2-10H,11H2,1H3,(H,20,21)/b7-5+. The second kappa shape index (κ2) is 8.42. The van der Waals surface area contributed by atoms with Gasteiger partial charge in [-0.1, -0.05) is 6.07 Å². The van der Waals surface area contributed by atoms with Crippen LogP contribution < -0.4 is 10.1 Å². The molecule has 1 heterocycles. The van der Waals surface area contributed by atoms with Crippen molar-refractivity contribution in [3.8, 4) is 11.5 Å². The maximum Gasteiger partial charge on any atom is 0.325 e.